The third kappa shape index (κ3) is 2.19. The van der Waals surface area contributed by atoms with Gasteiger partial charge in [-0.05, 0) is 24.3 Å². The Balaban J connectivity index is 1.97. The summed E-state index contributed by atoms with van der Waals surface area (Å²) >= 11 is 0. The molecule has 3 rings (SSSR count). The molecule has 0 radical (unpaired) electrons. The van der Waals surface area contributed by atoms with Gasteiger partial charge in [-0.3, -0.25) is 0 Å². The van der Waals surface area contributed by atoms with Crippen molar-refractivity contribution in [2.24, 2.45) is 5.73 Å². The van der Waals surface area contributed by atoms with Gasteiger partial charge in [-0.15, -0.1) is 0 Å². The molecule has 0 saturated carbocycles. The summed E-state index contributed by atoms with van der Waals surface area (Å²) < 4.78 is 32.7. The zero-order valence-electron chi connectivity index (χ0n) is 10.1. The first-order valence-electron chi connectivity index (χ1n) is 6.11. The van der Waals surface area contributed by atoms with Gasteiger partial charge in [-0.2, -0.15) is 0 Å². The molecule has 1 aliphatic heterocycles. The van der Waals surface area contributed by atoms with Crippen LogP contribution in [0.5, 0.6) is 5.75 Å². The van der Waals surface area contributed by atoms with Gasteiger partial charge in [0, 0.05) is 23.6 Å². The van der Waals surface area contributed by atoms with E-state index in [1.807, 2.05) is 0 Å². The number of hydrogen-bond donors (Lipinski definition) is 1. The second-order valence-electron chi connectivity index (χ2n) is 4.65. The van der Waals surface area contributed by atoms with Crippen LogP contribution in [-0.2, 0) is 0 Å². The lowest BCUT2D eigenvalue weighted by Gasteiger charge is -2.30. The van der Waals surface area contributed by atoms with Crippen LogP contribution in [-0.4, -0.2) is 0 Å². The maximum Gasteiger partial charge on any atom is 0.130 e. The zero-order chi connectivity index (χ0) is 13.4. The number of benzene rings is 2. The predicted molar refractivity (Wildman–Crippen MR) is 67.7 cm³/mol. The Hall–Kier alpha value is -1.94. The lowest BCUT2D eigenvalue weighted by Crippen LogP contribution is -2.24. The van der Waals surface area contributed by atoms with Crippen molar-refractivity contribution >= 4 is 0 Å². The fourth-order valence-corrected chi connectivity index (χ4v) is 2.40. The van der Waals surface area contributed by atoms with Gasteiger partial charge in [0.25, 0.3) is 0 Å². The smallest absolute Gasteiger partial charge is 0.130 e. The Labute approximate surface area is 109 Å². The van der Waals surface area contributed by atoms with Crippen LogP contribution in [0.4, 0.5) is 8.78 Å². The minimum atomic E-state index is -0.436. The van der Waals surface area contributed by atoms with E-state index in [1.165, 1.54) is 24.3 Å². The van der Waals surface area contributed by atoms with Crippen LogP contribution in [0.1, 0.15) is 29.7 Å². The van der Waals surface area contributed by atoms with Crippen LogP contribution in [0.3, 0.4) is 0 Å². The van der Waals surface area contributed by atoms with E-state index in [0.717, 1.165) is 0 Å². The van der Waals surface area contributed by atoms with Crippen molar-refractivity contribution in [3.63, 3.8) is 0 Å². The third-order valence-electron chi connectivity index (χ3n) is 3.36. The van der Waals surface area contributed by atoms with Gasteiger partial charge in [0.05, 0.1) is 0 Å². The molecule has 2 aromatic carbocycles. The summed E-state index contributed by atoms with van der Waals surface area (Å²) in [7, 11) is 0. The van der Waals surface area contributed by atoms with Gasteiger partial charge in [-0.1, -0.05) is 18.2 Å². The molecule has 2 atom stereocenters. The molecule has 19 heavy (non-hydrogen) atoms. The molecule has 4 heteroatoms. The quantitative estimate of drug-likeness (QED) is 0.852. The van der Waals surface area contributed by atoms with E-state index in [2.05, 4.69) is 0 Å². The van der Waals surface area contributed by atoms with E-state index in [9.17, 15) is 8.78 Å². The zero-order valence-corrected chi connectivity index (χ0v) is 10.1. The van der Waals surface area contributed by atoms with Crippen molar-refractivity contribution in [2.75, 3.05) is 0 Å². The first kappa shape index (κ1) is 12.1. The maximum absolute atomic E-state index is 13.8. The molecule has 0 amide bonds. The van der Waals surface area contributed by atoms with Crippen molar-refractivity contribution in [3.8, 4) is 5.75 Å². The van der Waals surface area contributed by atoms with Crippen molar-refractivity contribution in [2.45, 2.75) is 18.6 Å². The molecule has 1 unspecified atom stereocenters. The van der Waals surface area contributed by atoms with Crippen molar-refractivity contribution < 1.29 is 13.5 Å². The first-order valence-corrected chi connectivity index (χ1v) is 6.11. The Morgan fingerprint density at radius 2 is 1.84 bits per heavy atom. The lowest BCUT2D eigenvalue weighted by atomic mass is 9.93. The second kappa shape index (κ2) is 4.63. The standard InChI is InChI=1S/C15H13F2NO/c16-9-5-6-14-11(7-9)13(18)8-15(19-14)10-3-1-2-4-12(10)17/h1-7,13,15H,8,18H2/t13-,15?/m0/s1. The molecule has 2 N–H and O–H groups in total. The van der Waals surface area contributed by atoms with Crippen LogP contribution in [0.2, 0.25) is 0 Å². The van der Waals surface area contributed by atoms with Gasteiger partial charge in [0.1, 0.15) is 23.5 Å². The van der Waals surface area contributed by atoms with Gasteiger partial charge >= 0.3 is 0 Å². The number of fused-ring (bicyclic) bond motifs is 1. The van der Waals surface area contributed by atoms with Crippen LogP contribution in [0, 0.1) is 11.6 Å². The molecule has 1 heterocycles. The minimum absolute atomic E-state index is 0.315. The van der Waals surface area contributed by atoms with Gasteiger partial charge in [-0.25, -0.2) is 8.78 Å². The van der Waals surface area contributed by atoms with Gasteiger partial charge < -0.3 is 10.5 Å². The van der Waals surface area contributed by atoms with E-state index < -0.39 is 6.10 Å². The highest BCUT2D eigenvalue weighted by Crippen LogP contribution is 2.40. The highest BCUT2D eigenvalue weighted by molar-refractivity contribution is 5.39. The fraction of sp³-hybridized carbons (Fsp3) is 0.200. The SMILES string of the molecule is N[C@H]1CC(c2ccccc2F)Oc2ccc(F)cc21. The highest BCUT2D eigenvalue weighted by Gasteiger charge is 2.28. The molecular weight excluding hydrogens is 248 g/mol. The van der Waals surface area contributed by atoms with Crippen LogP contribution in [0.15, 0.2) is 42.5 Å². The van der Waals surface area contributed by atoms with Crippen molar-refractivity contribution in [1.29, 1.82) is 0 Å². The molecule has 2 aromatic rings. The van der Waals surface area contributed by atoms with E-state index in [-0.39, 0.29) is 17.7 Å². The lowest BCUT2D eigenvalue weighted by molar-refractivity contribution is 0.157. The molecule has 0 fully saturated rings. The summed E-state index contributed by atoms with van der Waals surface area (Å²) in [6.45, 7) is 0. The summed E-state index contributed by atoms with van der Waals surface area (Å²) in [6.07, 6.45) is -0.00800. The maximum atomic E-state index is 13.8. The summed E-state index contributed by atoms with van der Waals surface area (Å²) in [5.74, 6) is -0.138. The summed E-state index contributed by atoms with van der Waals surface area (Å²) in [6, 6.07) is 10.3. The van der Waals surface area contributed by atoms with E-state index in [0.29, 0.717) is 23.3 Å². The Kier molecular flexibility index (Phi) is 2.95. The van der Waals surface area contributed by atoms with Crippen LogP contribution in [0.25, 0.3) is 0 Å². The molecule has 0 saturated heterocycles. The second-order valence-corrected chi connectivity index (χ2v) is 4.65. The molecule has 0 aliphatic carbocycles. The average molecular weight is 261 g/mol. The number of rotatable bonds is 1. The topological polar surface area (TPSA) is 35.2 Å². The molecular formula is C15H13F2NO. The number of hydrogen-bond acceptors (Lipinski definition) is 2. The van der Waals surface area contributed by atoms with Crippen LogP contribution < -0.4 is 10.5 Å². The summed E-state index contributed by atoms with van der Waals surface area (Å²) in [5, 5.41) is 0. The minimum Gasteiger partial charge on any atom is -0.485 e. The number of halogens is 2. The Morgan fingerprint density at radius 3 is 2.63 bits per heavy atom. The third-order valence-corrected chi connectivity index (χ3v) is 3.36. The van der Waals surface area contributed by atoms with Gasteiger partial charge in [0.15, 0.2) is 0 Å². The predicted octanol–water partition coefficient (Wildman–Crippen LogP) is 3.49. The molecule has 98 valence electrons. The number of nitrogens with two attached hydrogens (primary N) is 1. The average Bonchev–Trinajstić information content (AvgIpc) is 2.40. The van der Waals surface area contributed by atoms with Crippen LogP contribution >= 0.6 is 0 Å². The molecule has 2 nitrogen and oxygen atoms in total. The first-order chi connectivity index (χ1) is 9.15. The monoisotopic (exact) mass is 261 g/mol. The van der Waals surface area contributed by atoms with E-state index in [1.54, 1.807) is 18.2 Å². The molecule has 0 aromatic heterocycles. The molecule has 1 aliphatic rings. The Bertz CT molecular complexity index is 615. The normalized spacial score (nSPS) is 21.6. The molecule has 0 spiro atoms. The Morgan fingerprint density at radius 1 is 1.05 bits per heavy atom. The largest absolute Gasteiger partial charge is 0.485 e. The van der Waals surface area contributed by atoms with Crippen molar-refractivity contribution in [3.05, 3.63) is 65.2 Å². The highest BCUT2D eigenvalue weighted by atomic mass is 19.1. The molecule has 0 bridgehead atoms. The van der Waals surface area contributed by atoms with Crippen molar-refractivity contribution in [1.82, 2.24) is 0 Å². The summed E-state index contributed by atoms with van der Waals surface area (Å²) in [5.41, 5.74) is 7.14. The summed E-state index contributed by atoms with van der Waals surface area (Å²) in [4.78, 5) is 0. The van der Waals surface area contributed by atoms with Gasteiger partial charge in [0.2, 0.25) is 0 Å². The van der Waals surface area contributed by atoms with E-state index >= 15 is 0 Å². The fourth-order valence-electron chi connectivity index (χ4n) is 2.40. The van der Waals surface area contributed by atoms with E-state index in [4.69, 9.17) is 10.5 Å². The number of ether oxygens (including phenoxy) is 1.